The fourth-order valence-electron chi connectivity index (χ4n) is 3.70. The highest BCUT2D eigenvalue weighted by atomic mass is 32.1. The van der Waals surface area contributed by atoms with Crippen molar-refractivity contribution in [3.05, 3.63) is 45.5 Å². The molecule has 1 N–H and O–H groups in total. The van der Waals surface area contributed by atoms with Crippen LogP contribution < -0.4 is 5.32 Å². The first-order valence-electron chi connectivity index (χ1n) is 9.00. The molecule has 0 spiro atoms. The zero-order valence-corrected chi connectivity index (χ0v) is 15.7. The highest BCUT2D eigenvalue weighted by molar-refractivity contribution is 7.10. The summed E-state index contributed by atoms with van der Waals surface area (Å²) in [5.41, 5.74) is 1.24. The molecular weight excluding hydrogens is 350 g/mol. The predicted molar refractivity (Wildman–Crippen MR) is 98.7 cm³/mol. The van der Waals surface area contributed by atoms with Gasteiger partial charge in [0.25, 0.3) is 0 Å². The molecule has 1 atom stereocenters. The second-order valence-electron chi connectivity index (χ2n) is 6.93. The Morgan fingerprint density at radius 3 is 3.04 bits per heavy atom. The van der Waals surface area contributed by atoms with Crippen LogP contribution in [0.2, 0.25) is 0 Å². The SMILES string of the molecule is Cc1ccc(CN2CCNC(=O)C2CC(=O)N2CCc3sccc3C2)o1. The number of fused-ring (bicyclic) bond motifs is 1. The Balaban J connectivity index is 1.43. The van der Waals surface area contributed by atoms with E-state index >= 15 is 0 Å². The van der Waals surface area contributed by atoms with Crippen molar-refractivity contribution in [1.82, 2.24) is 15.1 Å². The minimum atomic E-state index is -0.439. The second kappa shape index (κ2) is 7.25. The van der Waals surface area contributed by atoms with Crippen LogP contribution in [0, 0.1) is 6.92 Å². The number of aryl methyl sites for hydroxylation is 1. The maximum atomic E-state index is 12.8. The number of nitrogens with zero attached hydrogens (tertiary/aromatic N) is 2. The molecule has 0 aromatic carbocycles. The lowest BCUT2D eigenvalue weighted by molar-refractivity contribution is -0.139. The highest BCUT2D eigenvalue weighted by Crippen LogP contribution is 2.25. The fourth-order valence-corrected chi connectivity index (χ4v) is 4.59. The average Bonchev–Trinajstić information content (AvgIpc) is 3.25. The van der Waals surface area contributed by atoms with Gasteiger partial charge < -0.3 is 14.6 Å². The van der Waals surface area contributed by atoms with Crippen molar-refractivity contribution >= 4 is 23.2 Å². The van der Waals surface area contributed by atoms with Gasteiger partial charge in [-0.15, -0.1) is 11.3 Å². The number of carbonyl (C=O) groups is 2. The normalized spacial score (nSPS) is 20.7. The molecule has 7 heteroatoms. The van der Waals surface area contributed by atoms with E-state index in [0.717, 1.165) is 31.0 Å². The van der Waals surface area contributed by atoms with E-state index in [1.165, 1.54) is 10.4 Å². The first-order chi connectivity index (χ1) is 12.6. The van der Waals surface area contributed by atoms with Gasteiger partial charge in [-0.1, -0.05) is 0 Å². The van der Waals surface area contributed by atoms with E-state index in [-0.39, 0.29) is 18.2 Å². The van der Waals surface area contributed by atoms with Gasteiger partial charge in [0.1, 0.15) is 11.5 Å². The monoisotopic (exact) mass is 373 g/mol. The van der Waals surface area contributed by atoms with Crippen LogP contribution >= 0.6 is 11.3 Å². The molecule has 2 amide bonds. The first kappa shape index (κ1) is 17.3. The molecule has 0 radical (unpaired) electrons. The van der Waals surface area contributed by atoms with Gasteiger partial charge in [-0.2, -0.15) is 0 Å². The van der Waals surface area contributed by atoms with Gasteiger partial charge in [0.2, 0.25) is 11.8 Å². The summed E-state index contributed by atoms with van der Waals surface area (Å²) in [6.45, 7) is 5.17. The summed E-state index contributed by atoms with van der Waals surface area (Å²) < 4.78 is 5.65. The van der Waals surface area contributed by atoms with E-state index < -0.39 is 6.04 Å². The van der Waals surface area contributed by atoms with E-state index in [1.54, 1.807) is 11.3 Å². The van der Waals surface area contributed by atoms with E-state index in [2.05, 4.69) is 21.7 Å². The number of carbonyl (C=O) groups excluding carboxylic acids is 2. The lowest BCUT2D eigenvalue weighted by Crippen LogP contribution is -2.56. The Bertz CT molecular complexity index is 813. The van der Waals surface area contributed by atoms with Crippen molar-refractivity contribution in [3.8, 4) is 0 Å². The molecule has 0 aliphatic carbocycles. The third kappa shape index (κ3) is 3.54. The van der Waals surface area contributed by atoms with Crippen molar-refractivity contribution < 1.29 is 14.0 Å². The molecule has 2 aromatic heterocycles. The zero-order valence-electron chi connectivity index (χ0n) is 14.9. The summed E-state index contributed by atoms with van der Waals surface area (Å²) in [7, 11) is 0. The largest absolute Gasteiger partial charge is 0.465 e. The first-order valence-corrected chi connectivity index (χ1v) is 9.88. The summed E-state index contributed by atoms with van der Waals surface area (Å²) in [5.74, 6) is 1.66. The maximum absolute atomic E-state index is 12.8. The molecule has 4 heterocycles. The summed E-state index contributed by atoms with van der Waals surface area (Å²) in [4.78, 5) is 30.6. The Kier molecular flexibility index (Phi) is 4.82. The van der Waals surface area contributed by atoms with Gasteiger partial charge in [0.15, 0.2) is 0 Å². The van der Waals surface area contributed by atoms with Gasteiger partial charge in [-0.25, -0.2) is 0 Å². The number of hydrogen-bond donors (Lipinski definition) is 1. The van der Waals surface area contributed by atoms with Crippen LogP contribution in [0.5, 0.6) is 0 Å². The number of thiophene rings is 1. The van der Waals surface area contributed by atoms with Crippen LogP contribution in [0.15, 0.2) is 28.0 Å². The van der Waals surface area contributed by atoms with Crippen LogP contribution in [0.4, 0.5) is 0 Å². The van der Waals surface area contributed by atoms with Crippen LogP contribution in [0.1, 0.15) is 28.4 Å². The Morgan fingerprint density at radius 2 is 2.23 bits per heavy atom. The third-order valence-corrected chi connectivity index (χ3v) is 6.15. The lowest BCUT2D eigenvalue weighted by atomic mass is 10.0. The average molecular weight is 373 g/mol. The predicted octanol–water partition coefficient (Wildman–Crippen LogP) is 1.92. The molecule has 26 heavy (non-hydrogen) atoms. The summed E-state index contributed by atoms with van der Waals surface area (Å²) in [6.07, 6.45) is 1.12. The zero-order chi connectivity index (χ0) is 18.1. The van der Waals surface area contributed by atoms with E-state index in [1.807, 2.05) is 24.0 Å². The van der Waals surface area contributed by atoms with Gasteiger partial charge >= 0.3 is 0 Å². The molecule has 6 nitrogen and oxygen atoms in total. The quantitative estimate of drug-likeness (QED) is 0.889. The summed E-state index contributed by atoms with van der Waals surface area (Å²) >= 11 is 1.76. The van der Waals surface area contributed by atoms with E-state index in [9.17, 15) is 9.59 Å². The van der Waals surface area contributed by atoms with Gasteiger partial charge in [0, 0.05) is 31.1 Å². The number of piperazine rings is 1. The molecule has 2 aromatic rings. The Hall–Kier alpha value is -2.12. The second-order valence-corrected chi connectivity index (χ2v) is 7.93. The van der Waals surface area contributed by atoms with Crippen LogP contribution in [-0.4, -0.2) is 47.3 Å². The molecule has 0 saturated carbocycles. The number of furan rings is 1. The van der Waals surface area contributed by atoms with Crippen molar-refractivity contribution in [1.29, 1.82) is 0 Å². The maximum Gasteiger partial charge on any atom is 0.237 e. The summed E-state index contributed by atoms with van der Waals surface area (Å²) in [6, 6.07) is 5.51. The highest BCUT2D eigenvalue weighted by Gasteiger charge is 2.34. The fraction of sp³-hybridized carbons (Fsp3) is 0.474. The summed E-state index contributed by atoms with van der Waals surface area (Å²) in [5, 5.41) is 4.98. The van der Waals surface area contributed by atoms with Crippen molar-refractivity contribution in [2.45, 2.75) is 38.9 Å². The minimum Gasteiger partial charge on any atom is -0.465 e. The molecule has 138 valence electrons. The Labute approximate surface area is 156 Å². The molecule has 0 bridgehead atoms. The third-order valence-electron chi connectivity index (χ3n) is 5.12. The van der Waals surface area contributed by atoms with Crippen molar-refractivity contribution in [3.63, 3.8) is 0 Å². The molecule has 1 fully saturated rings. The number of amides is 2. The molecule has 1 unspecified atom stereocenters. The molecule has 1 saturated heterocycles. The number of nitrogens with one attached hydrogen (secondary N) is 1. The van der Waals surface area contributed by atoms with Gasteiger partial charge in [-0.05, 0) is 42.5 Å². The lowest BCUT2D eigenvalue weighted by Gasteiger charge is -2.36. The Morgan fingerprint density at radius 1 is 1.35 bits per heavy atom. The number of hydrogen-bond acceptors (Lipinski definition) is 5. The molecule has 4 rings (SSSR count). The van der Waals surface area contributed by atoms with Gasteiger partial charge in [0.05, 0.1) is 19.0 Å². The molecule has 2 aliphatic heterocycles. The van der Waals surface area contributed by atoms with Crippen LogP contribution in [-0.2, 0) is 29.1 Å². The van der Waals surface area contributed by atoms with E-state index in [0.29, 0.717) is 19.6 Å². The van der Waals surface area contributed by atoms with Crippen molar-refractivity contribution in [2.75, 3.05) is 19.6 Å². The van der Waals surface area contributed by atoms with Crippen molar-refractivity contribution in [2.24, 2.45) is 0 Å². The topological polar surface area (TPSA) is 65.8 Å². The molecular formula is C19H23N3O3S. The van der Waals surface area contributed by atoms with Crippen LogP contribution in [0.3, 0.4) is 0 Å². The number of rotatable bonds is 4. The smallest absolute Gasteiger partial charge is 0.237 e. The van der Waals surface area contributed by atoms with Gasteiger partial charge in [-0.3, -0.25) is 14.5 Å². The van der Waals surface area contributed by atoms with Crippen LogP contribution in [0.25, 0.3) is 0 Å². The standard InChI is InChI=1S/C19H23N3O3S/c1-13-2-3-15(25-13)12-21-8-6-20-19(24)16(21)10-18(23)22-7-4-17-14(11-22)5-9-26-17/h2-3,5,9,16H,4,6-8,10-12H2,1H3,(H,20,24). The van der Waals surface area contributed by atoms with E-state index in [4.69, 9.17) is 4.42 Å². The minimum absolute atomic E-state index is 0.0459. The molecule has 2 aliphatic rings.